The van der Waals surface area contributed by atoms with Gasteiger partial charge in [0.25, 0.3) is 0 Å². The molecule has 1 aromatic rings. The largest absolute Gasteiger partial charge is 0.481 e. The fourth-order valence-electron chi connectivity index (χ4n) is 1.57. The average molecular weight is 241 g/mol. The molecule has 16 heavy (non-hydrogen) atoms. The Labute approximate surface area is 98.3 Å². The lowest BCUT2D eigenvalue weighted by Crippen LogP contribution is -1.99. The molecule has 1 aliphatic carbocycles. The van der Waals surface area contributed by atoms with Gasteiger partial charge in [-0.05, 0) is 19.3 Å². The summed E-state index contributed by atoms with van der Waals surface area (Å²) >= 11 is 1.66. The molecule has 1 heterocycles. The van der Waals surface area contributed by atoms with Crippen molar-refractivity contribution in [3.63, 3.8) is 0 Å². The lowest BCUT2D eigenvalue weighted by molar-refractivity contribution is -0.136. The van der Waals surface area contributed by atoms with Crippen LogP contribution in [-0.4, -0.2) is 23.2 Å². The number of thiazole rings is 1. The van der Waals surface area contributed by atoms with Crippen molar-refractivity contribution in [1.82, 2.24) is 4.98 Å². The highest BCUT2D eigenvalue weighted by molar-refractivity contribution is 7.11. The number of ether oxygens (including phenoxy) is 1. The number of rotatable bonds is 6. The van der Waals surface area contributed by atoms with Crippen molar-refractivity contribution in [3.05, 3.63) is 15.6 Å². The van der Waals surface area contributed by atoms with Crippen molar-refractivity contribution in [2.24, 2.45) is 0 Å². The zero-order valence-electron chi connectivity index (χ0n) is 9.23. The molecule has 2 rings (SSSR count). The molecule has 1 N–H and O–H groups in total. The second kappa shape index (κ2) is 4.93. The van der Waals surface area contributed by atoms with E-state index in [1.807, 2.05) is 0 Å². The lowest BCUT2D eigenvalue weighted by atomic mass is 10.2. The van der Waals surface area contributed by atoms with E-state index in [1.54, 1.807) is 18.4 Å². The summed E-state index contributed by atoms with van der Waals surface area (Å²) in [5.41, 5.74) is 0.927. The van der Waals surface area contributed by atoms with Crippen LogP contribution in [-0.2, 0) is 22.6 Å². The van der Waals surface area contributed by atoms with Gasteiger partial charge < -0.3 is 9.84 Å². The smallest absolute Gasteiger partial charge is 0.303 e. The predicted octanol–water partition coefficient (Wildman–Crippen LogP) is 2.18. The van der Waals surface area contributed by atoms with Crippen LogP contribution in [0, 0.1) is 0 Å². The number of hydrogen-bond acceptors (Lipinski definition) is 4. The maximum absolute atomic E-state index is 10.5. The van der Waals surface area contributed by atoms with Crippen LogP contribution in [0.4, 0.5) is 0 Å². The minimum absolute atomic E-state index is 0.170. The maximum Gasteiger partial charge on any atom is 0.303 e. The molecule has 1 aliphatic rings. The van der Waals surface area contributed by atoms with Gasteiger partial charge in [-0.1, -0.05) is 0 Å². The Balaban J connectivity index is 2.09. The molecule has 0 aliphatic heterocycles. The first-order valence-corrected chi connectivity index (χ1v) is 6.21. The molecule has 0 amide bonds. The zero-order chi connectivity index (χ0) is 11.5. The highest BCUT2D eigenvalue weighted by Crippen LogP contribution is 2.42. The molecule has 0 atom stereocenters. The molecule has 0 spiro atoms. The summed E-state index contributed by atoms with van der Waals surface area (Å²) in [4.78, 5) is 16.2. The number of nitrogens with zero attached hydrogens (tertiary/aromatic N) is 1. The number of aryl methyl sites for hydroxylation is 1. The van der Waals surface area contributed by atoms with E-state index in [-0.39, 0.29) is 6.42 Å². The van der Waals surface area contributed by atoms with E-state index in [0.29, 0.717) is 18.9 Å². The first-order chi connectivity index (χ1) is 7.70. The van der Waals surface area contributed by atoms with Crippen molar-refractivity contribution >= 4 is 17.3 Å². The Bertz CT molecular complexity index is 385. The van der Waals surface area contributed by atoms with Crippen molar-refractivity contribution in [3.8, 4) is 0 Å². The quantitative estimate of drug-likeness (QED) is 0.829. The Kier molecular flexibility index (Phi) is 3.56. The van der Waals surface area contributed by atoms with Gasteiger partial charge in [0.2, 0.25) is 0 Å². The summed E-state index contributed by atoms with van der Waals surface area (Å²) < 4.78 is 5.09. The second-order valence-electron chi connectivity index (χ2n) is 4.02. The summed E-state index contributed by atoms with van der Waals surface area (Å²) in [7, 11) is 1.64. The zero-order valence-corrected chi connectivity index (χ0v) is 10.0. The monoisotopic (exact) mass is 241 g/mol. The first-order valence-electron chi connectivity index (χ1n) is 5.40. The number of carboxylic acid groups (broad SMARTS) is 1. The molecule has 0 bridgehead atoms. The van der Waals surface area contributed by atoms with E-state index in [4.69, 9.17) is 9.84 Å². The SMILES string of the molecule is COCc1nc(C2CC2)sc1CCC(=O)O. The van der Waals surface area contributed by atoms with Crippen LogP contribution in [0.15, 0.2) is 0 Å². The van der Waals surface area contributed by atoms with Gasteiger partial charge in [-0.2, -0.15) is 0 Å². The molecule has 4 nitrogen and oxygen atoms in total. The van der Waals surface area contributed by atoms with Gasteiger partial charge in [0.05, 0.1) is 23.7 Å². The highest BCUT2D eigenvalue weighted by atomic mass is 32.1. The van der Waals surface area contributed by atoms with E-state index in [2.05, 4.69) is 4.98 Å². The second-order valence-corrected chi connectivity index (χ2v) is 5.14. The molecule has 0 saturated heterocycles. The molecule has 5 heteroatoms. The molecule has 0 radical (unpaired) electrons. The van der Waals surface area contributed by atoms with Crippen molar-refractivity contribution in [2.45, 2.75) is 38.2 Å². The molecule has 1 fully saturated rings. The van der Waals surface area contributed by atoms with Gasteiger partial charge in [-0.3, -0.25) is 4.79 Å². The van der Waals surface area contributed by atoms with E-state index in [9.17, 15) is 4.79 Å². The van der Waals surface area contributed by atoms with E-state index >= 15 is 0 Å². The van der Waals surface area contributed by atoms with Crippen molar-refractivity contribution in [1.29, 1.82) is 0 Å². The molecular formula is C11H15NO3S. The van der Waals surface area contributed by atoms with Crippen LogP contribution >= 0.6 is 11.3 Å². The van der Waals surface area contributed by atoms with Crippen LogP contribution in [0.1, 0.15) is 40.8 Å². The van der Waals surface area contributed by atoms with Gasteiger partial charge in [-0.25, -0.2) is 4.98 Å². The topological polar surface area (TPSA) is 59.4 Å². The fourth-order valence-corrected chi connectivity index (χ4v) is 2.81. The van der Waals surface area contributed by atoms with Gasteiger partial charge >= 0.3 is 5.97 Å². The number of carboxylic acids is 1. The van der Waals surface area contributed by atoms with Crippen LogP contribution in [0.5, 0.6) is 0 Å². The minimum atomic E-state index is -0.760. The minimum Gasteiger partial charge on any atom is -0.481 e. The summed E-state index contributed by atoms with van der Waals surface area (Å²) in [6, 6.07) is 0. The molecule has 1 aromatic heterocycles. The van der Waals surface area contributed by atoms with Gasteiger partial charge in [0.15, 0.2) is 0 Å². The first kappa shape index (κ1) is 11.5. The van der Waals surface area contributed by atoms with Crippen molar-refractivity contribution in [2.75, 3.05) is 7.11 Å². The standard InChI is InChI=1S/C11H15NO3S/c1-15-6-8-9(4-5-10(13)14)16-11(12-8)7-2-3-7/h7H,2-6H2,1H3,(H,13,14). The maximum atomic E-state index is 10.5. The molecule has 88 valence electrons. The van der Waals surface area contributed by atoms with Crippen LogP contribution in [0.2, 0.25) is 0 Å². The van der Waals surface area contributed by atoms with Gasteiger partial charge in [-0.15, -0.1) is 11.3 Å². The van der Waals surface area contributed by atoms with Gasteiger partial charge in [0.1, 0.15) is 0 Å². The third-order valence-corrected chi connectivity index (χ3v) is 3.89. The lowest BCUT2D eigenvalue weighted by Gasteiger charge is -1.98. The van der Waals surface area contributed by atoms with Crippen LogP contribution in [0.25, 0.3) is 0 Å². The van der Waals surface area contributed by atoms with E-state index in [1.165, 1.54) is 12.8 Å². The van der Waals surface area contributed by atoms with Crippen LogP contribution < -0.4 is 0 Å². The molecule has 1 saturated carbocycles. The Morgan fingerprint density at radius 1 is 1.62 bits per heavy atom. The van der Waals surface area contributed by atoms with E-state index in [0.717, 1.165) is 15.6 Å². The number of hydrogen-bond donors (Lipinski definition) is 1. The van der Waals surface area contributed by atoms with Crippen LogP contribution in [0.3, 0.4) is 0 Å². The Morgan fingerprint density at radius 3 is 2.94 bits per heavy atom. The highest BCUT2D eigenvalue weighted by Gasteiger charge is 2.28. The van der Waals surface area contributed by atoms with E-state index < -0.39 is 5.97 Å². The Morgan fingerprint density at radius 2 is 2.38 bits per heavy atom. The Hall–Kier alpha value is -0.940. The number of methoxy groups -OCH3 is 1. The number of aliphatic carboxylic acids is 1. The molecule has 0 unspecified atom stereocenters. The number of aromatic nitrogens is 1. The molecular weight excluding hydrogens is 226 g/mol. The summed E-state index contributed by atoms with van der Waals surface area (Å²) in [6.45, 7) is 0.484. The van der Waals surface area contributed by atoms with Crippen molar-refractivity contribution < 1.29 is 14.6 Å². The summed E-state index contributed by atoms with van der Waals surface area (Å²) in [5, 5.41) is 9.84. The normalized spacial score (nSPS) is 15.3. The number of carbonyl (C=O) groups is 1. The average Bonchev–Trinajstić information content (AvgIpc) is 3.00. The summed E-state index contributed by atoms with van der Waals surface area (Å²) in [6.07, 6.45) is 3.18. The fraction of sp³-hybridized carbons (Fsp3) is 0.636. The predicted molar refractivity (Wildman–Crippen MR) is 60.8 cm³/mol. The summed E-state index contributed by atoms with van der Waals surface area (Å²) in [5.74, 6) is -0.135. The molecule has 0 aromatic carbocycles. The third-order valence-electron chi connectivity index (χ3n) is 2.57. The third kappa shape index (κ3) is 2.80. The van der Waals surface area contributed by atoms with Gasteiger partial charge in [0, 0.05) is 17.9 Å².